The van der Waals surface area contributed by atoms with Gasteiger partial charge in [-0.2, -0.15) is 0 Å². The van der Waals surface area contributed by atoms with Crippen LogP contribution in [-0.4, -0.2) is 31.3 Å². The van der Waals surface area contributed by atoms with Crippen molar-refractivity contribution in [2.24, 2.45) is 0 Å². The molecule has 0 aromatic heterocycles. The third kappa shape index (κ3) is 4.75. The van der Waals surface area contributed by atoms with Gasteiger partial charge in [-0.1, -0.05) is 46.3 Å². The van der Waals surface area contributed by atoms with E-state index in [0.717, 1.165) is 0 Å². The Bertz CT molecular complexity index is 726. The van der Waals surface area contributed by atoms with Gasteiger partial charge in [-0.3, -0.25) is 9.59 Å². The number of hydrogen-bond acceptors (Lipinski definition) is 5. The van der Waals surface area contributed by atoms with Gasteiger partial charge in [-0.05, 0) is 18.2 Å². The molecule has 0 aliphatic carbocycles. The number of benzene rings is 2. The number of ether oxygens (including phenoxy) is 2. The highest BCUT2D eigenvalue weighted by molar-refractivity contribution is 9.10. The van der Waals surface area contributed by atoms with Gasteiger partial charge in [0.2, 0.25) is 5.78 Å². The molecular formula is C17H13BrO5. The molecule has 0 spiro atoms. The molecule has 0 unspecified atom stereocenters. The van der Waals surface area contributed by atoms with Crippen molar-refractivity contribution in [3.63, 3.8) is 0 Å². The van der Waals surface area contributed by atoms with Crippen molar-refractivity contribution >= 4 is 34.0 Å². The monoisotopic (exact) mass is 376 g/mol. The lowest BCUT2D eigenvalue weighted by Crippen LogP contribution is -2.20. The van der Waals surface area contributed by atoms with Crippen molar-refractivity contribution < 1.29 is 23.9 Å². The number of hydrogen-bond donors (Lipinski definition) is 0. The molecule has 118 valence electrons. The molecule has 0 saturated carbocycles. The van der Waals surface area contributed by atoms with E-state index in [0.29, 0.717) is 21.9 Å². The van der Waals surface area contributed by atoms with Gasteiger partial charge < -0.3 is 9.47 Å². The van der Waals surface area contributed by atoms with Crippen molar-refractivity contribution in [3.8, 4) is 5.75 Å². The Morgan fingerprint density at radius 2 is 1.70 bits per heavy atom. The average Bonchev–Trinajstić information content (AvgIpc) is 2.58. The van der Waals surface area contributed by atoms with E-state index in [1.807, 2.05) is 0 Å². The molecule has 0 heterocycles. The number of carbonyl (C=O) groups excluding carboxylic acids is 3. The Morgan fingerprint density at radius 1 is 1.00 bits per heavy atom. The van der Waals surface area contributed by atoms with E-state index in [2.05, 4.69) is 15.9 Å². The third-order valence-electron chi connectivity index (χ3n) is 2.93. The van der Waals surface area contributed by atoms with Crippen LogP contribution in [0.5, 0.6) is 5.75 Å². The zero-order valence-corrected chi connectivity index (χ0v) is 13.6. The van der Waals surface area contributed by atoms with E-state index in [1.165, 1.54) is 0 Å². The van der Waals surface area contributed by atoms with Gasteiger partial charge in [0.1, 0.15) is 5.75 Å². The summed E-state index contributed by atoms with van der Waals surface area (Å²) in [5, 5.41) is 0. The van der Waals surface area contributed by atoms with Crippen LogP contribution in [0.4, 0.5) is 0 Å². The van der Waals surface area contributed by atoms with E-state index in [1.54, 1.807) is 48.5 Å². The lowest BCUT2D eigenvalue weighted by atomic mass is 10.1. The number of ketones is 1. The number of para-hydroxylation sites is 1. The van der Waals surface area contributed by atoms with E-state index in [9.17, 15) is 14.4 Å². The van der Waals surface area contributed by atoms with E-state index in [-0.39, 0.29) is 24.7 Å². The van der Waals surface area contributed by atoms with Crippen LogP contribution in [0.25, 0.3) is 0 Å². The smallest absolute Gasteiger partial charge is 0.344 e. The van der Waals surface area contributed by atoms with Gasteiger partial charge in [-0.25, -0.2) is 4.79 Å². The Balaban J connectivity index is 1.85. The second-order valence-corrected chi connectivity index (χ2v) is 5.36. The first-order valence-corrected chi connectivity index (χ1v) is 7.51. The van der Waals surface area contributed by atoms with Crippen molar-refractivity contribution in [1.29, 1.82) is 0 Å². The largest absolute Gasteiger partial charge is 0.481 e. The number of rotatable bonds is 7. The number of halogens is 1. The number of carbonyl (C=O) groups is 3. The highest BCUT2D eigenvalue weighted by atomic mass is 79.9. The van der Waals surface area contributed by atoms with E-state index < -0.39 is 5.97 Å². The van der Waals surface area contributed by atoms with Crippen LogP contribution < -0.4 is 4.74 Å². The molecule has 0 bridgehead atoms. The Hall–Kier alpha value is -2.47. The second-order valence-electron chi connectivity index (χ2n) is 4.51. The van der Waals surface area contributed by atoms with Gasteiger partial charge in [0.15, 0.2) is 19.5 Å². The summed E-state index contributed by atoms with van der Waals surface area (Å²) < 4.78 is 10.7. The maximum absolute atomic E-state index is 12.0. The summed E-state index contributed by atoms with van der Waals surface area (Å²) in [6.07, 6.45) is 0.636. The summed E-state index contributed by atoms with van der Waals surface area (Å²) in [5.74, 6) is -0.721. The maximum atomic E-state index is 12.0. The van der Waals surface area contributed by atoms with Crippen molar-refractivity contribution in [3.05, 3.63) is 64.1 Å². The topological polar surface area (TPSA) is 69.7 Å². The predicted octanol–water partition coefficient (Wildman–Crippen LogP) is 3.07. The van der Waals surface area contributed by atoms with Crippen LogP contribution in [0.3, 0.4) is 0 Å². The lowest BCUT2D eigenvalue weighted by molar-refractivity contribution is -0.144. The summed E-state index contributed by atoms with van der Waals surface area (Å²) in [4.78, 5) is 34.4. The van der Waals surface area contributed by atoms with Gasteiger partial charge in [0.05, 0.1) is 5.56 Å². The fraction of sp³-hybridized carbons (Fsp3) is 0.118. The summed E-state index contributed by atoms with van der Waals surface area (Å²) in [6, 6.07) is 13.4. The molecule has 0 N–H and O–H groups in total. The predicted molar refractivity (Wildman–Crippen MR) is 86.8 cm³/mol. The van der Waals surface area contributed by atoms with Crippen molar-refractivity contribution in [2.45, 2.75) is 0 Å². The van der Waals surface area contributed by atoms with Gasteiger partial charge in [0.25, 0.3) is 0 Å². The summed E-state index contributed by atoms with van der Waals surface area (Å²) in [5.41, 5.74) is 0.775. The van der Waals surface area contributed by atoms with Crippen LogP contribution in [0.1, 0.15) is 20.7 Å². The number of aldehydes is 1. The summed E-state index contributed by atoms with van der Waals surface area (Å²) in [7, 11) is 0. The number of esters is 1. The Morgan fingerprint density at radius 3 is 2.43 bits per heavy atom. The van der Waals surface area contributed by atoms with Crippen molar-refractivity contribution in [2.75, 3.05) is 13.2 Å². The Kier molecular flexibility index (Phi) is 6.05. The van der Waals surface area contributed by atoms with Crippen LogP contribution in [0.15, 0.2) is 53.0 Å². The van der Waals surface area contributed by atoms with Gasteiger partial charge >= 0.3 is 5.97 Å². The van der Waals surface area contributed by atoms with E-state index >= 15 is 0 Å². The molecule has 0 radical (unpaired) electrons. The maximum Gasteiger partial charge on any atom is 0.344 e. The molecule has 0 fully saturated rings. The average molecular weight is 377 g/mol. The van der Waals surface area contributed by atoms with Gasteiger partial charge in [0, 0.05) is 10.0 Å². The van der Waals surface area contributed by atoms with Gasteiger partial charge in [-0.15, -0.1) is 0 Å². The molecule has 0 saturated heterocycles. The summed E-state index contributed by atoms with van der Waals surface area (Å²) in [6.45, 7) is -0.756. The fourth-order valence-electron chi connectivity index (χ4n) is 1.80. The minimum Gasteiger partial charge on any atom is -0.481 e. The zero-order chi connectivity index (χ0) is 16.7. The normalized spacial score (nSPS) is 9.96. The molecule has 0 aliphatic heterocycles. The molecule has 2 aromatic carbocycles. The van der Waals surface area contributed by atoms with Crippen molar-refractivity contribution in [1.82, 2.24) is 0 Å². The highest BCUT2D eigenvalue weighted by Gasteiger charge is 2.13. The molecule has 0 amide bonds. The quantitative estimate of drug-likeness (QED) is 0.421. The lowest BCUT2D eigenvalue weighted by Gasteiger charge is -2.08. The molecule has 2 rings (SSSR count). The zero-order valence-electron chi connectivity index (χ0n) is 12.0. The molecule has 2 aromatic rings. The second kappa shape index (κ2) is 8.24. The molecule has 0 atom stereocenters. The first kappa shape index (κ1) is 16.9. The molecule has 5 nitrogen and oxygen atoms in total. The minimum atomic E-state index is -0.689. The van der Waals surface area contributed by atoms with Crippen LogP contribution in [0, 0.1) is 0 Å². The van der Waals surface area contributed by atoms with Crippen LogP contribution in [-0.2, 0) is 9.53 Å². The van der Waals surface area contributed by atoms with Crippen LogP contribution in [0.2, 0.25) is 0 Å². The standard InChI is InChI=1S/C17H13BrO5/c18-14-7-3-2-6-13(14)15(20)10-23-17(21)11-22-16-8-4-1-5-12(16)9-19/h1-9H,10-11H2. The highest BCUT2D eigenvalue weighted by Crippen LogP contribution is 2.17. The third-order valence-corrected chi connectivity index (χ3v) is 3.62. The number of Topliss-reactive ketones (excluding diaryl/α,β-unsaturated/α-hetero) is 1. The minimum absolute atomic E-state index is 0.289. The van der Waals surface area contributed by atoms with Crippen LogP contribution >= 0.6 is 15.9 Å². The molecular weight excluding hydrogens is 364 g/mol. The molecule has 6 heteroatoms. The van der Waals surface area contributed by atoms with E-state index in [4.69, 9.17) is 9.47 Å². The molecule has 0 aliphatic rings. The molecule has 23 heavy (non-hydrogen) atoms. The fourth-order valence-corrected chi connectivity index (χ4v) is 2.30. The first-order valence-electron chi connectivity index (χ1n) is 6.72. The SMILES string of the molecule is O=Cc1ccccc1OCC(=O)OCC(=O)c1ccccc1Br. The summed E-state index contributed by atoms with van der Waals surface area (Å²) >= 11 is 3.26. The first-order chi connectivity index (χ1) is 11.1. The Labute approximate surface area is 141 Å².